The second-order valence-electron chi connectivity index (χ2n) is 9.13. The lowest BCUT2D eigenvalue weighted by molar-refractivity contribution is -0.141. The number of aliphatic carboxylic acids is 1. The van der Waals surface area contributed by atoms with Crippen LogP contribution in [0.15, 0.2) is 72.8 Å². The van der Waals surface area contributed by atoms with Crippen LogP contribution in [-0.2, 0) is 11.2 Å². The Kier molecular flexibility index (Phi) is 5.71. The van der Waals surface area contributed by atoms with Crippen molar-refractivity contribution < 1.29 is 19.7 Å². The predicted octanol–water partition coefficient (Wildman–Crippen LogP) is 5.61. The maximum atomic E-state index is 11.3. The molecule has 1 saturated carbocycles. The van der Waals surface area contributed by atoms with Crippen molar-refractivity contribution in [1.82, 2.24) is 0 Å². The summed E-state index contributed by atoms with van der Waals surface area (Å²) in [4.78, 5) is 11.3. The van der Waals surface area contributed by atoms with Gasteiger partial charge in [-0.15, -0.1) is 0 Å². The van der Waals surface area contributed by atoms with Crippen LogP contribution in [0.25, 0.3) is 11.1 Å². The second-order valence-corrected chi connectivity index (χ2v) is 9.13. The molecule has 1 fully saturated rings. The van der Waals surface area contributed by atoms with E-state index in [4.69, 9.17) is 4.74 Å². The maximum Gasteiger partial charge on any atom is 0.306 e. The fourth-order valence-electron chi connectivity index (χ4n) is 5.16. The first-order valence-electron chi connectivity index (χ1n) is 11.4. The van der Waals surface area contributed by atoms with E-state index in [0.29, 0.717) is 13.0 Å². The van der Waals surface area contributed by atoms with Crippen molar-refractivity contribution >= 4 is 5.97 Å². The van der Waals surface area contributed by atoms with Crippen LogP contribution in [0.5, 0.6) is 5.75 Å². The number of aliphatic hydroxyl groups excluding tert-OH is 1. The summed E-state index contributed by atoms with van der Waals surface area (Å²) in [5, 5.41) is 20.3. The van der Waals surface area contributed by atoms with Gasteiger partial charge in [-0.3, -0.25) is 4.79 Å². The molecule has 32 heavy (non-hydrogen) atoms. The zero-order valence-electron chi connectivity index (χ0n) is 18.0. The van der Waals surface area contributed by atoms with Gasteiger partial charge in [0, 0.05) is 11.5 Å². The Labute approximate surface area is 188 Å². The van der Waals surface area contributed by atoms with Gasteiger partial charge >= 0.3 is 5.97 Å². The van der Waals surface area contributed by atoms with E-state index in [0.717, 1.165) is 36.1 Å². The molecule has 164 valence electrons. The van der Waals surface area contributed by atoms with Gasteiger partial charge < -0.3 is 14.9 Å². The Balaban J connectivity index is 1.27. The lowest BCUT2D eigenvalue weighted by Gasteiger charge is -2.31. The second kappa shape index (κ2) is 8.79. The number of hydrogen-bond acceptors (Lipinski definition) is 3. The first-order valence-corrected chi connectivity index (χ1v) is 11.4. The third kappa shape index (κ3) is 4.15. The first-order chi connectivity index (χ1) is 15.6. The molecule has 4 nitrogen and oxygen atoms in total. The number of carboxylic acid groups (broad SMARTS) is 1. The molecule has 0 bridgehead atoms. The van der Waals surface area contributed by atoms with E-state index < -0.39 is 12.1 Å². The number of carbonyl (C=O) groups is 1. The summed E-state index contributed by atoms with van der Waals surface area (Å²) in [6.45, 7) is 0.473. The van der Waals surface area contributed by atoms with Crippen molar-refractivity contribution in [3.05, 3.63) is 89.5 Å². The average Bonchev–Trinajstić information content (AvgIpc) is 3.33. The molecule has 3 aromatic carbocycles. The molecule has 0 saturated heterocycles. The fraction of sp³-hybridized carbons (Fsp3) is 0.321. The van der Waals surface area contributed by atoms with Gasteiger partial charge in [-0.2, -0.15) is 0 Å². The Bertz CT molecular complexity index is 1090. The topological polar surface area (TPSA) is 66.8 Å². The fourth-order valence-corrected chi connectivity index (χ4v) is 5.16. The highest BCUT2D eigenvalue weighted by Crippen LogP contribution is 2.43. The lowest BCUT2D eigenvalue weighted by Crippen LogP contribution is -2.27. The normalized spacial score (nSPS) is 24.5. The number of benzene rings is 3. The summed E-state index contributed by atoms with van der Waals surface area (Å²) in [5.41, 5.74) is 5.52. The van der Waals surface area contributed by atoms with Gasteiger partial charge in [-0.1, -0.05) is 66.7 Å². The Morgan fingerprint density at radius 2 is 1.69 bits per heavy atom. The average molecular weight is 429 g/mol. The number of ether oxygens (including phenoxy) is 1. The number of carboxylic acids is 1. The van der Waals surface area contributed by atoms with Crippen LogP contribution in [0.2, 0.25) is 0 Å². The quantitative estimate of drug-likeness (QED) is 0.555. The third-order valence-corrected chi connectivity index (χ3v) is 7.07. The van der Waals surface area contributed by atoms with Crippen molar-refractivity contribution in [2.45, 2.75) is 37.7 Å². The number of rotatable bonds is 5. The molecule has 2 unspecified atom stereocenters. The van der Waals surface area contributed by atoms with E-state index in [9.17, 15) is 15.0 Å². The van der Waals surface area contributed by atoms with Crippen LogP contribution in [0.3, 0.4) is 0 Å². The van der Waals surface area contributed by atoms with E-state index in [2.05, 4.69) is 36.4 Å². The Hall–Kier alpha value is -3.11. The van der Waals surface area contributed by atoms with Gasteiger partial charge in [0.15, 0.2) is 0 Å². The van der Waals surface area contributed by atoms with Crippen LogP contribution in [0, 0.1) is 11.8 Å². The van der Waals surface area contributed by atoms with Crippen LogP contribution >= 0.6 is 0 Å². The molecule has 4 heteroatoms. The van der Waals surface area contributed by atoms with Crippen LogP contribution in [0.4, 0.5) is 0 Å². The summed E-state index contributed by atoms with van der Waals surface area (Å²) in [5.74, 6) is 0.0446. The van der Waals surface area contributed by atoms with Crippen molar-refractivity contribution in [2.75, 3.05) is 6.61 Å². The minimum atomic E-state index is -0.697. The number of hydrogen-bond donors (Lipinski definition) is 2. The third-order valence-electron chi connectivity index (χ3n) is 7.07. The highest BCUT2D eigenvalue weighted by molar-refractivity contribution is 5.70. The summed E-state index contributed by atoms with van der Waals surface area (Å²) in [6.07, 6.45) is 2.47. The molecule has 0 spiro atoms. The van der Waals surface area contributed by atoms with Crippen LogP contribution in [-0.4, -0.2) is 22.8 Å². The first kappa shape index (κ1) is 20.8. The molecule has 2 N–H and O–H groups in total. The molecule has 0 radical (unpaired) electrons. The van der Waals surface area contributed by atoms with Gasteiger partial charge in [0.25, 0.3) is 0 Å². The number of aliphatic hydroxyl groups is 1. The van der Waals surface area contributed by atoms with Crippen LogP contribution < -0.4 is 4.74 Å². The Morgan fingerprint density at radius 3 is 2.41 bits per heavy atom. The zero-order valence-corrected chi connectivity index (χ0v) is 18.0. The monoisotopic (exact) mass is 428 g/mol. The molecule has 3 aromatic rings. The SMILES string of the molecule is O=C(O)C1CC[C@H](c2ccc3c(c2)OCC(Cc2ccc(-c4ccccc4)cc2)[C@H]3O)C1. The van der Waals surface area contributed by atoms with Gasteiger partial charge in [-0.05, 0) is 59.9 Å². The van der Waals surface area contributed by atoms with Crippen molar-refractivity contribution in [3.8, 4) is 16.9 Å². The highest BCUT2D eigenvalue weighted by Gasteiger charge is 2.33. The summed E-state index contributed by atoms with van der Waals surface area (Å²) < 4.78 is 6.07. The molecular formula is C28H28O4. The molecule has 0 amide bonds. The van der Waals surface area contributed by atoms with E-state index in [1.54, 1.807) is 0 Å². The molecule has 4 atom stereocenters. The highest BCUT2D eigenvalue weighted by atomic mass is 16.5. The molecule has 1 heterocycles. The van der Waals surface area contributed by atoms with E-state index >= 15 is 0 Å². The minimum absolute atomic E-state index is 0.00111. The van der Waals surface area contributed by atoms with Crippen molar-refractivity contribution in [2.24, 2.45) is 11.8 Å². The molecular weight excluding hydrogens is 400 g/mol. The largest absolute Gasteiger partial charge is 0.493 e. The molecule has 0 aromatic heterocycles. The van der Waals surface area contributed by atoms with Gasteiger partial charge in [-0.25, -0.2) is 0 Å². The van der Waals surface area contributed by atoms with E-state index in [-0.39, 0.29) is 17.8 Å². The standard InChI is InChI=1S/C28H28O4/c29-27-24(14-18-6-8-20(9-7-18)19-4-2-1-3-5-19)17-32-26-16-22(12-13-25(26)27)21-10-11-23(15-21)28(30)31/h1-9,12-13,16,21,23-24,27,29H,10-11,14-15,17H2,(H,30,31)/t21-,23?,24?,27+/m0/s1. The van der Waals surface area contributed by atoms with Crippen molar-refractivity contribution in [3.63, 3.8) is 0 Å². The molecule has 2 aliphatic rings. The smallest absolute Gasteiger partial charge is 0.306 e. The van der Waals surface area contributed by atoms with Gasteiger partial charge in [0.2, 0.25) is 0 Å². The maximum absolute atomic E-state index is 11.3. The van der Waals surface area contributed by atoms with Gasteiger partial charge in [0.05, 0.1) is 18.6 Å². The molecule has 1 aliphatic heterocycles. The summed E-state index contributed by atoms with van der Waals surface area (Å²) in [6, 6.07) is 24.9. The van der Waals surface area contributed by atoms with E-state index in [1.807, 2.05) is 36.4 Å². The van der Waals surface area contributed by atoms with Crippen LogP contribution in [0.1, 0.15) is 48.0 Å². The lowest BCUT2D eigenvalue weighted by atomic mass is 9.86. The molecule has 1 aliphatic carbocycles. The Morgan fingerprint density at radius 1 is 0.938 bits per heavy atom. The van der Waals surface area contributed by atoms with E-state index in [1.165, 1.54) is 16.7 Å². The predicted molar refractivity (Wildman–Crippen MR) is 124 cm³/mol. The summed E-state index contributed by atoms with van der Waals surface area (Å²) in [7, 11) is 0. The van der Waals surface area contributed by atoms with Crippen molar-refractivity contribution in [1.29, 1.82) is 0 Å². The minimum Gasteiger partial charge on any atom is -0.493 e. The van der Waals surface area contributed by atoms with Gasteiger partial charge in [0.1, 0.15) is 5.75 Å². The molecule has 5 rings (SSSR count). The zero-order chi connectivity index (χ0) is 22.1. The summed E-state index contributed by atoms with van der Waals surface area (Å²) >= 11 is 0. The number of fused-ring (bicyclic) bond motifs is 1.